The molecule has 18 heavy (non-hydrogen) atoms. The molecule has 0 saturated carbocycles. The molecule has 0 saturated heterocycles. The van der Waals surface area contributed by atoms with Crippen LogP contribution in [0.3, 0.4) is 0 Å². The smallest absolute Gasteiger partial charge is 0.149 e. The minimum absolute atomic E-state index is 0.133. The Morgan fingerprint density at radius 2 is 2.11 bits per heavy atom. The van der Waals surface area contributed by atoms with Crippen molar-refractivity contribution in [2.75, 3.05) is 18.6 Å². The van der Waals surface area contributed by atoms with Crippen molar-refractivity contribution < 1.29 is 12.8 Å². The van der Waals surface area contributed by atoms with E-state index in [1.165, 1.54) is 12.1 Å². The zero-order valence-electron chi connectivity index (χ0n) is 10.4. The summed E-state index contributed by atoms with van der Waals surface area (Å²) < 4.78 is 36.5. The monoisotopic (exact) mass is 293 g/mol. The fourth-order valence-electron chi connectivity index (χ4n) is 1.66. The second-order valence-electron chi connectivity index (χ2n) is 4.26. The van der Waals surface area contributed by atoms with Crippen LogP contribution in [0.5, 0.6) is 0 Å². The topological polar surface area (TPSA) is 46.2 Å². The van der Waals surface area contributed by atoms with E-state index in [4.69, 9.17) is 11.6 Å². The lowest BCUT2D eigenvalue weighted by Gasteiger charge is -2.18. The largest absolute Gasteiger partial charge is 0.309 e. The molecule has 1 rings (SSSR count). The normalized spacial score (nSPS) is 13.6. The van der Waals surface area contributed by atoms with Crippen LogP contribution >= 0.6 is 11.6 Å². The van der Waals surface area contributed by atoms with Crippen LogP contribution in [0.1, 0.15) is 24.9 Å². The van der Waals surface area contributed by atoms with Gasteiger partial charge in [-0.3, -0.25) is 0 Å². The Morgan fingerprint density at radius 1 is 1.44 bits per heavy atom. The van der Waals surface area contributed by atoms with E-state index in [-0.39, 0.29) is 5.75 Å². The molecular formula is C12H17ClFNO2S. The third-order valence-electron chi connectivity index (χ3n) is 2.45. The van der Waals surface area contributed by atoms with Crippen molar-refractivity contribution in [2.24, 2.45) is 0 Å². The molecule has 0 bridgehead atoms. The third kappa shape index (κ3) is 4.92. The quantitative estimate of drug-likeness (QED) is 0.877. The molecule has 0 amide bonds. The van der Waals surface area contributed by atoms with Crippen molar-refractivity contribution in [3.63, 3.8) is 0 Å². The van der Waals surface area contributed by atoms with Crippen molar-refractivity contribution >= 4 is 21.4 Å². The fraction of sp³-hybridized carbons (Fsp3) is 0.500. The van der Waals surface area contributed by atoms with Gasteiger partial charge in [-0.25, -0.2) is 12.8 Å². The number of hydrogen-bond acceptors (Lipinski definition) is 3. The van der Waals surface area contributed by atoms with Crippen molar-refractivity contribution in [2.45, 2.75) is 19.4 Å². The first-order chi connectivity index (χ1) is 8.33. The molecule has 1 atom stereocenters. The predicted octanol–water partition coefficient (Wildman–Crippen LogP) is 2.56. The maximum Gasteiger partial charge on any atom is 0.149 e. The zero-order valence-corrected chi connectivity index (χ0v) is 12.0. The van der Waals surface area contributed by atoms with Gasteiger partial charge in [-0.1, -0.05) is 24.6 Å². The molecule has 1 aromatic rings. The summed E-state index contributed by atoms with van der Waals surface area (Å²) in [7, 11) is -3.19. The maximum absolute atomic E-state index is 13.8. The number of benzene rings is 1. The minimum Gasteiger partial charge on any atom is -0.309 e. The van der Waals surface area contributed by atoms with Crippen molar-refractivity contribution in [1.82, 2.24) is 5.32 Å². The van der Waals surface area contributed by atoms with Crippen LogP contribution < -0.4 is 5.32 Å². The molecule has 0 aliphatic carbocycles. The van der Waals surface area contributed by atoms with Crippen LogP contribution in [-0.2, 0) is 9.84 Å². The van der Waals surface area contributed by atoms with Crippen LogP contribution in [0, 0.1) is 5.82 Å². The fourth-order valence-corrected chi connectivity index (χ4v) is 2.73. The van der Waals surface area contributed by atoms with Gasteiger partial charge in [-0.05, 0) is 25.1 Å². The highest BCUT2D eigenvalue weighted by Gasteiger charge is 2.20. The average Bonchev–Trinajstić information content (AvgIpc) is 2.23. The number of hydrogen-bond donors (Lipinski definition) is 1. The number of sulfone groups is 1. The van der Waals surface area contributed by atoms with Crippen LogP contribution in [0.25, 0.3) is 0 Å². The Morgan fingerprint density at radius 3 is 2.61 bits per heavy atom. The summed E-state index contributed by atoms with van der Waals surface area (Å²) in [6, 6.07) is 3.73. The predicted molar refractivity (Wildman–Crippen MR) is 72.2 cm³/mol. The van der Waals surface area contributed by atoms with Gasteiger partial charge < -0.3 is 5.32 Å². The molecule has 102 valence electrons. The summed E-state index contributed by atoms with van der Waals surface area (Å²) >= 11 is 5.68. The van der Waals surface area contributed by atoms with Gasteiger partial charge >= 0.3 is 0 Å². The molecule has 0 aliphatic heterocycles. The van der Waals surface area contributed by atoms with E-state index in [2.05, 4.69) is 5.32 Å². The summed E-state index contributed by atoms with van der Waals surface area (Å²) in [4.78, 5) is 0. The molecule has 0 radical (unpaired) electrons. The number of halogens is 2. The molecule has 1 unspecified atom stereocenters. The summed E-state index contributed by atoms with van der Waals surface area (Å²) in [5.41, 5.74) is 0.332. The lowest BCUT2D eigenvalue weighted by atomic mass is 10.1. The molecule has 0 fully saturated rings. The van der Waals surface area contributed by atoms with Gasteiger partial charge in [0.2, 0.25) is 0 Å². The molecule has 0 spiro atoms. The summed E-state index contributed by atoms with van der Waals surface area (Å²) in [6.45, 7) is 2.59. The first-order valence-corrected chi connectivity index (χ1v) is 8.13. The van der Waals surface area contributed by atoms with Gasteiger partial charge in [-0.15, -0.1) is 0 Å². The Bertz CT molecular complexity index is 505. The van der Waals surface area contributed by atoms with Crippen LogP contribution in [0.15, 0.2) is 18.2 Å². The van der Waals surface area contributed by atoms with E-state index >= 15 is 0 Å². The minimum atomic E-state index is -3.19. The van der Waals surface area contributed by atoms with Crippen LogP contribution in [0.2, 0.25) is 5.02 Å². The number of nitrogens with one attached hydrogen (secondary N) is 1. The lowest BCUT2D eigenvalue weighted by Crippen LogP contribution is -2.29. The first-order valence-electron chi connectivity index (χ1n) is 5.69. The first kappa shape index (κ1) is 15.4. The van der Waals surface area contributed by atoms with Gasteiger partial charge in [0.1, 0.15) is 15.7 Å². The van der Waals surface area contributed by atoms with Gasteiger partial charge in [-0.2, -0.15) is 0 Å². The molecule has 6 heteroatoms. The Balaban J connectivity index is 3.01. The van der Waals surface area contributed by atoms with E-state index < -0.39 is 21.7 Å². The molecule has 0 heterocycles. The van der Waals surface area contributed by atoms with Crippen molar-refractivity contribution in [3.8, 4) is 0 Å². The molecule has 0 aromatic heterocycles. The summed E-state index contributed by atoms with van der Waals surface area (Å²) in [5, 5.41) is 3.34. The zero-order chi connectivity index (χ0) is 13.8. The molecule has 0 aliphatic rings. The average molecular weight is 294 g/mol. The molecular weight excluding hydrogens is 277 g/mol. The standard InChI is InChI=1S/C12H17ClFNO2S/c1-3-6-15-12(8-18(2,16)17)10-5-4-9(13)7-11(10)14/h4-5,7,12,15H,3,6,8H2,1-2H3. The van der Waals surface area contributed by atoms with E-state index in [0.29, 0.717) is 17.1 Å². The number of rotatable bonds is 6. The molecule has 1 N–H and O–H groups in total. The van der Waals surface area contributed by atoms with Gasteiger partial charge in [0.25, 0.3) is 0 Å². The highest BCUT2D eigenvalue weighted by atomic mass is 35.5. The Labute approximate surface area is 112 Å². The highest BCUT2D eigenvalue weighted by Crippen LogP contribution is 2.22. The highest BCUT2D eigenvalue weighted by molar-refractivity contribution is 7.90. The Kier molecular flexibility index (Phi) is 5.56. The van der Waals surface area contributed by atoms with E-state index in [0.717, 1.165) is 12.7 Å². The Hall–Kier alpha value is -0.650. The third-order valence-corrected chi connectivity index (χ3v) is 3.62. The van der Waals surface area contributed by atoms with E-state index in [1.807, 2.05) is 6.92 Å². The van der Waals surface area contributed by atoms with Gasteiger partial charge in [0.15, 0.2) is 0 Å². The lowest BCUT2D eigenvalue weighted by molar-refractivity contribution is 0.519. The van der Waals surface area contributed by atoms with Crippen molar-refractivity contribution in [3.05, 3.63) is 34.6 Å². The van der Waals surface area contributed by atoms with Gasteiger partial charge in [0.05, 0.1) is 5.75 Å². The second-order valence-corrected chi connectivity index (χ2v) is 6.89. The summed E-state index contributed by atoms with van der Waals surface area (Å²) in [5.74, 6) is -0.620. The van der Waals surface area contributed by atoms with E-state index in [9.17, 15) is 12.8 Å². The van der Waals surface area contributed by atoms with Crippen LogP contribution in [-0.4, -0.2) is 27.0 Å². The second kappa shape index (κ2) is 6.50. The van der Waals surface area contributed by atoms with E-state index in [1.54, 1.807) is 6.07 Å². The van der Waals surface area contributed by atoms with Gasteiger partial charge in [0, 0.05) is 22.9 Å². The summed E-state index contributed by atoms with van der Waals surface area (Å²) in [6.07, 6.45) is 1.98. The maximum atomic E-state index is 13.8. The van der Waals surface area contributed by atoms with Crippen molar-refractivity contribution in [1.29, 1.82) is 0 Å². The van der Waals surface area contributed by atoms with Crippen LogP contribution in [0.4, 0.5) is 4.39 Å². The SMILES string of the molecule is CCCNC(CS(C)(=O)=O)c1ccc(Cl)cc1F. The molecule has 3 nitrogen and oxygen atoms in total. The molecule has 1 aromatic carbocycles.